The minimum absolute atomic E-state index is 0.0926. The third-order valence-electron chi connectivity index (χ3n) is 4.02. The van der Waals surface area contributed by atoms with E-state index in [1.54, 1.807) is 16.5 Å². The van der Waals surface area contributed by atoms with Crippen molar-refractivity contribution in [2.45, 2.75) is 39.2 Å². The van der Waals surface area contributed by atoms with Gasteiger partial charge in [0.05, 0.1) is 12.5 Å². The molecule has 1 amide bonds. The van der Waals surface area contributed by atoms with Gasteiger partial charge in [0.15, 0.2) is 5.82 Å². The third kappa shape index (κ3) is 3.09. The molecular weight excluding hydrogens is 282 g/mol. The molecule has 2 heterocycles. The number of aliphatic hydroxyl groups excluding tert-OH is 1. The molecule has 2 aromatic rings. The van der Waals surface area contributed by atoms with Gasteiger partial charge >= 0.3 is 0 Å². The van der Waals surface area contributed by atoms with Crippen LogP contribution in [0.4, 0.5) is 0 Å². The summed E-state index contributed by atoms with van der Waals surface area (Å²) in [6.07, 6.45) is 1.81. The molecular formula is C15H21N5O2. The number of hydrogen-bond acceptors (Lipinski definition) is 5. The van der Waals surface area contributed by atoms with Crippen molar-refractivity contribution >= 4 is 11.7 Å². The third-order valence-corrected chi connectivity index (χ3v) is 4.02. The molecule has 22 heavy (non-hydrogen) atoms. The summed E-state index contributed by atoms with van der Waals surface area (Å²) < 4.78 is 1.65. The fourth-order valence-electron chi connectivity index (χ4n) is 2.57. The number of rotatable bonds is 5. The Kier molecular flexibility index (Phi) is 3.82. The highest BCUT2D eigenvalue weighted by Crippen LogP contribution is 2.32. The Labute approximate surface area is 129 Å². The quantitative estimate of drug-likeness (QED) is 0.870. The predicted octanol–water partition coefficient (Wildman–Crippen LogP) is 0.513. The van der Waals surface area contributed by atoms with Crippen molar-refractivity contribution in [3.63, 3.8) is 0 Å². The first kappa shape index (κ1) is 14.9. The van der Waals surface area contributed by atoms with Gasteiger partial charge in [-0.05, 0) is 38.7 Å². The smallest absolute Gasteiger partial charge is 0.252 e. The van der Waals surface area contributed by atoms with Gasteiger partial charge in [-0.1, -0.05) is 0 Å². The normalized spacial score (nSPS) is 16.0. The molecule has 0 bridgehead atoms. The molecule has 0 spiro atoms. The largest absolute Gasteiger partial charge is 0.391 e. The minimum Gasteiger partial charge on any atom is -0.391 e. The fraction of sp³-hybridized carbons (Fsp3) is 0.600. The molecule has 1 N–H and O–H groups in total. The highest BCUT2D eigenvalue weighted by molar-refractivity contribution is 5.77. The Morgan fingerprint density at radius 1 is 1.45 bits per heavy atom. The summed E-state index contributed by atoms with van der Waals surface area (Å²) in [7, 11) is 1.71. The Balaban J connectivity index is 1.69. The van der Waals surface area contributed by atoms with Gasteiger partial charge in [0, 0.05) is 25.0 Å². The van der Waals surface area contributed by atoms with E-state index in [9.17, 15) is 9.90 Å². The van der Waals surface area contributed by atoms with Gasteiger partial charge in [0.25, 0.3) is 5.78 Å². The van der Waals surface area contributed by atoms with Crippen LogP contribution in [0.3, 0.4) is 0 Å². The molecule has 1 aliphatic rings. The molecule has 2 aromatic heterocycles. The molecule has 7 heteroatoms. The summed E-state index contributed by atoms with van der Waals surface area (Å²) in [6, 6.07) is 1.92. The maximum Gasteiger partial charge on any atom is 0.252 e. The van der Waals surface area contributed by atoms with Gasteiger partial charge < -0.3 is 10.0 Å². The molecule has 3 rings (SSSR count). The first-order valence-electron chi connectivity index (χ1n) is 7.56. The molecule has 1 atom stereocenters. The molecule has 7 nitrogen and oxygen atoms in total. The lowest BCUT2D eigenvalue weighted by Crippen LogP contribution is -2.36. The van der Waals surface area contributed by atoms with Crippen LogP contribution < -0.4 is 0 Å². The van der Waals surface area contributed by atoms with Crippen LogP contribution in [0.15, 0.2) is 6.07 Å². The van der Waals surface area contributed by atoms with Gasteiger partial charge in [-0.3, -0.25) is 4.79 Å². The highest BCUT2D eigenvalue weighted by atomic mass is 16.3. The first-order chi connectivity index (χ1) is 10.4. The molecule has 0 aromatic carbocycles. The van der Waals surface area contributed by atoms with Crippen LogP contribution in [0, 0.1) is 19.8 Å². The number of carbonyl (C=O) groups is 1. The van der Waals surface area contributed by atoms with Crippen LogP contribution in [0.1, 0.15) is 30.1 Å². The molecule has 1 unspecified atom stereocenters. The zero-order chi connectivity index (χ0) is 15.9. The maximum atomic E-state index is 12.2. The van der Waals surface area contributed by atoms with E-state index < -0.39 is 6.10 Å². The van der Waals surface area contributed by atoms with Crippen LogP contribution in [-0.2, 0) is 11.2 Å². The van der Waals surface area contributed by atoms with Crippen molar-refractivity contribution in [1.82, 2.24) is 24.5 Å². The van der Waals surface area contributed by atoms with Crippen molar-refractivity contribution in [2.75, 3.05) is 13.6 Å². The zero-order valence-electron chi connectivity index (χ0n) is 13.2. The van der Waals surface area contributed by atoms with E-state index >= 15 is 0 Å². The molecule has 1 aliphatic carbocycles. The Bertz CT molecular complexity index is 707. The summed E-state index contributed by atoms with van der Waals surface area (Å²) in [5, 5.41) is 14.3. The molecule has 0 saturated heterocycles. The second kappa shape index (κ2) is 5.64. The number of aromatic nitrogens is 4. The maximum absolute atomic E-state index is 12.2. The number of amides is 1. The van der Waals surface area contributed by atoms with Gasteiger partial charge in [-0.15, -0.1) is 5.10 Å². The van der Waals surface area contributed by atoms with E-state index in [-0.39, 0.29) is 12.3 Å². The second-order valence-electron chi connectivity index (χ2n) is 6.13. The first-order valence-corrected chi connectivity index (χ1v) is 7.56. The van der Waals surface area contributed by atoms with Crippen molar-refractivity contribution in [3.8, 4) is 0 Å². The van der Waals surface area contributed by atoms with Gasteiger partial charge in [-0.25, -0.2) is 9.50 Å². The Hall–Kier alpha value is -2.02. The van der Waals surface area contributed by atoms with Gasteiger partial charge in [0.2, 0.25) is 5.91 Å². The number of likely N-dealkylation sites (N-methyl/N-ethyl adjacent to an activating group) is 1. The predicted molar refractivity (Wildman–Crippen MR) is 80.3 cm³/mol. The standard InChI is InChI=1S/C15H21N5O2/c1-9-6-10(2)20-15(16-9)17-13(18-20)7-14(22)19(3)8-12(21)11-4-5-11/h6,11-12,21H,4-5,7-8H2,1-3H3. The molecule has 0 aliphatic heterocycles. The number of carbonyl (C=O) groups excluding carboxylic acids is 1. The van der Waals surface area contributed by atoms with Gasteiger partial charge in [-0.2, -0.15) is 4.98 Å². The average molecular weight is 303 g/mol. The SMILES string of the molecule is Cc1cc(C)n2nc(CC(=O)N(C)CC(O)C3CC3)nc2n1. The number of fused-ring (bicyclic) bond motifs is 1. The van der Waals surface area contributed by atoms with E-state index in [1.807, 2.05) is 19.9 Å². The lowest BCUT2D eigenvalue weighted by Gasteiger charge is -2.20. The van der Waals surface area contributed by atoms with Crippen LogP contribution >= 0.6 is 0 Å². The van der Waals surface area contributed by atoms with E-state index in [2.05, 4.69) is 15.1 Å². The van der Waals surface area contributed by atoms with E-state index in [4.69, 9.17) is 0 Å². The minimum atomic E-state index is -0.422. The number of aryl methyl sites for hydroxylation is 2. The summed E-state index contributed by atoms with van der Waals surface area (Å²) in [6.45, 7) is 4.20. The topological polar surface area (TPSA) is 83.6 Å². The highest BCUT2D eigenvalue weighted by Gasteiger charge is 2.31. The lowest BCUT2D eigenvalue weighted by molar-refractivity contribution is -0.130. The zero-order valence-corrected chi connectivity index (χ0v) is 13.2. The van der Waals surface area contributed by atoms with Crippen LogP contribution in [0.5, 0.6) is 0 Å². The molecule has 1 saturated carbocycles. The number of hydrogen-bond donors (Lipinski definition) is 1. The Morgan fingerprint density at radius 2 is 2.18 bits per heavy atom. The van der Waals surface area contributed by atoms with Crippen LogP contribution in [0.2, 0.25) is 0 Å². The van der Waals surface area contributed by atoms with Crippen molar-refractivity contribution in [1.29, 1.82) is 0 Å². The van der Waals surface area contributed by atoms with Crippen molar-refractivity contribution in [3.05, 3.63) is 23.3 Å². The van der Waals surface area contributed by atoms with E-state index in [1.165, 1.54) is 0 Å². The summed E-state index contributed by atoms with van der Waals surface area (Å²) in [5.74, 6) is 1.24. The Morgan fingerprint density at radius 3 is 2.86 bits per heavy atom. The summed E-state index contributed by atoms with van der Waals surface area (Å²) in [5.41, 5.74) is 1.81. The van der Waals surface area contributed by atoms with Gasteiger partial charge in [0.1, 0.15) is 0 Å². The van der Waals surface area contributed by atoms with Crippen molar-refractivity contribution in [2.24, 2.45) is 5.92 Å². The van der Waals surface area contributed by atoms with Crippen LogP contribution in [0.25, 0.3) is 5.78 Å². The van der Waals surface area contributed by atoms with E-state index in [0.29, 0.717) is 24.1 Å². The number of nitrogens with zero attached hydrogens (tertiary/aromatic N) is 5. The average Bonchev–Trinajstić information content (AvgIpc) is 3.20. The van der Waals surface area contributed by atoms with E-state index in [0.717, 1.165) is 24.2 Å². The summed E-state index contributed by atoms with van der Waals surface area (Å²) in [4.78, 5) is 22.4. The second-order valence-corrected chi connectivity index (χ2v) is 6.13. The fourth-order valence-corrected chi connectivity index (χ4v) is 2.57. The summed E-state index contributed by atoms with van der Waals surface area (Å²) >= 11 is 0. The van der Waals surface area contributed by atoms with Crippen LogP contribution in [-0.4, -0.2) is 55.2 Å². The molecule has 0 radical (unpaired) electrons. The molecule has 1 fully saturated rings. The lowest BCUT2D eigenvalue weighted by atomic mass is 10.2. The van der Waals surface area contributed by atoms with Crippen molar-refractivity contribution < 1.29 is 9.90 Å². The number of aliphatic hydroxyl groups is 1. The molecule has 118 valence electrons. The monoisotopic (exact) mass is 303 g/mol.